The number of hydrogen-bond acceptors (Lipinski definition) is 3. The van der Waals surface area contributed by atoms with E-state index in [1.807, 2.05) is 13.0 Å². The van der Waals surface area contributed by atoms with Crippen LogP contribution in [0.15, 0.2) is 23.8 Å². The Balaban J connectivity index is 4.00. The van der Waals surface area contributed by atoms with Crippen molar-refractivity contribution in [3.8, 4) is 0 Å². The molecule has 0 saturated heterocycles. The van der Waals surface area contributed by atoms with Gasteiger partial charge in [0.1, 0.15) is 0 Å². The van der Waals surface area contributed by atoms with E-state index in [0.29, 0.717) is 5.57 Å². The Morgan fingerprint density at radius 1 is 1.64 bits per heavy atom. The van der Waals surface area contributed by atoms with Gasteiger partial charge in [-0.05, 0) is 13.3 Å². The fraction of sp³-hybridized carbons (Fsp3) is 0.375. The lowest BCUT2D eigenvalue weighted by atomic mass is 10.2. The first-order valence-corrected chi connectivity index (χ1v) is 3.41. The van der Waals surface area contributed by atoms with Crippen molar-refractivity contribution in [2.24, 2.45) is 0 Å². The van der Waals surface area contributed by atoms with E-state index in [1.54, 1.807) is 19.1 Å². The summed E-state index contributed by atoms with van der Waals surface area (Å²) in [4.78, 5) is 14.0. The van der Waals surface area contributed by atoms with Crippen LogP contribution in [-0.2, 0) is 9.68 Å². The summed E-state index contributed by atoms with van der Waals surface area (Å²) >= 11 is 0. The highest BCUT2D eigenvalue weighted by atomic mass is 17.1. The third kappa shape index (κ3) is 4.33. The smallest absolute Gasteiger partial charge is 0.296 e. The van der Waals surface area contributed by atoms with Gasteiger partial charge >= 0.3 is 5.97 Å². The predicted molar refractivity (Wildman–Crippen MR) is 41.9 cm³/mol. The van der Waals surface area contributed by atoms with Crippen LogP contribution in [0, 0.1) is 0 Å². The van der Waals surface area contributed by atoms with Gasteiger partial charge in [0, 0.05) is 5.57 Å². The van der Waals surface area contributed by atoms with E-state index in [1.165, 1.54) is 0 Å². The Labute approximate surface area is 65.9 Å². The second-order valence-electron chi connectivity index (χ2n) is 2.06. The number of carbonyl (C=O) groups excluding carboxylic acids is 1. The quantitative estimate of drug-likeness (QED) is 0.294. The maximum absolute atomic E-state index is 10.5. The third-order valence-corrected chi connectivity index (χ3v) is 1.12. The molecule has 0 aliphatic rings. The molecule has 0 aromatic rings. The molecule has 0 heterocycles. The van der Waals surface area contributed by atoms with Gasteiger partial charge in [-0.25, -0.2) is 4.79 Å². The minimum Gasteiger partial charge on any atom is -0.296 e. The molecule has 0 spiro atoms. The Hall–Kier alpha value is -1.09. The van der Waals surface area contributed by atoms with Crippen LogP contribution in [0.3, 0.4) is 0 Å². The summed E-state index contributed by atoms with van der Waals surface area (Å²) in [5, 5.41) is 7.95. The van der Waals surface area contributed by atoms with E-state index >= 15 is 0 Å². The molecule has 0 atom stereocenters. The highest BCUT2D eigenvalue weighted by Crippen LogP contribution is 1.95. The van der Waals surface area contributed by atoms with Gasteiger partial charge < -0.3 is 0 Å². The highest BCUT2D eigenvalue weighted by molar-refractivity contribution is 5.87. The van der Waals surface area contributed by atoms with Crippen molar-refractivity contribution in [1.82, 2.24) is 0 Å². The lowest BCUT2D eigenvalue weighted by Crippen LogP contribution is -2.01. The molecule has 3 heteroatoms. The molecule has 0 aliphatic carbocycles. The Morgan fingerprint density at radius 2 is 2.27 bits per heavy atom. The van der Waals surface area contributed by atoms with Crippen LogP contribution < -0.4 is 0 Å². The minimum atomic E-state index is -0.717. The monoisotopic (exact) mass is 156 g/mol. The van der Waals surface area contributed by atoms with Gasteiger partial charge in [-0.3, -0.25) is 4.89 Å². The van der Waals surface area contributed by atoms with Crippen molar-refractivity contribution < 1.29 is 14.9 Å². The molecular formula is C8H12O3. The Bertz CT molecular complexity index is 180. The number of allylic oxidation sites excluding steroid dienone is 3. The second kappa shape index (κ2) is 5.68. The second-order valence-corrected chi connectivity index (χ2v) is 2.06. The number of hydrogen-bond donors (Lipinski definition) is 1. The molecule has 0 bridgehead atoms. The minimum absolute atomic E-state index is 0.372. The van der Waals surface area contributed by atoms with Gasteiger partial charge in [0.2, 0.25) is 0 Å². The topological polar surface area (TPSA) is 46.5 Å². The van der Waals surface area contributed by atoms with Gasteiger partial charge in [-0.15, -0.1) is 0 Å². The molecule has 0 fully saturated rings. The van der Waals surface area contributed by atoms with E-state index in [4.69, 9.17) is 5.26 Å². The molecule has 1 N–H and O–H groups in total. The van der Waals surface area contributed by atoms with Crippen molar-refractivity contribution >= 4 is 5.97 Å². The highest BCUT2D eigenvalue weighted by Gasteiger charge is 2.01. The molecular weight excluding hydrogens is 144 g/mol. The van der Waals surface area contributed by atoms with E-state index < -0.39 is 5.97 Å². The van der Waals surface area contributed by atoms with Crippen LogP contribution >= 0.6 is 0 Å². The molecule has 0 radical (unpaired) electrons. The summed E-state index contributed by atoms with van der Waals surface area (Å²) in [6.07, 6.45) is 6.14. The van der Waals surface area contributed by atoms with E-state index in [-0.39, 0.29) is 0 Å². The van der Waals surface area contributed by atoms with Crippen molar-refractivity contribution in [2.75, 3.05) is 0 Å². The van der Waals surface area contributed by atoms with Crippen LogP contribution in [0.2, 0.25) is 0 Å². The van der Waals surface area contributed by atoms with Crippen molar-refractivity contribution in [1.29, 1.82) is 0 Å². The standard InChI is InChI=1S/C8H12O3/c1-3-4-5-6-7(2)8(9)11-10/h4-6,10H,3H2,1-2H3. The van der Waals surface area contributed by atoms with Crippen molar-refractivity contribution in [3.63, 3.8) is 0 Å². The van der Waals surface area contributed by atoms with Crippen molar-refractivity contribution in [2.45, 2.75) is 20.3 Å². The zero-order valence-corrected chi connectivity index (χ0v) is 6.70. The summed E-state index contributed by atoms with van der Waals surface area (Å²) in [5.41, 5.74) is 0.372. The van der Waals surface area contributed by atoms with Crippen LogP contribution in [0.25, 0.3) is 0 Å². The van der Waals surface area contributed by atoms with Crippen molar-refractivity contribution in [3.05, 3.63) is 23.8 Å². The van der Waals surface area contributed by atoms with Gasteiger partial charge in [-0.1, -0.05) is 25.2 Å². The zero-order valence-electron chi connectivity index (χ0n) is 6.70. The normalized spacial score (nSPS) is 12.1. The zero-order chi connectivity index (χ0) is 8.69. The molecule has 0 saturated carbocycles. The van der Waals surface area contributed by atoms with Gasteiger partial charge in [0.25, 0.3) is 0 Å². The lowest BCUT2D eigenvalue weighted by Gasteiger charge is -1.91. The van der Waals surface area contributed by atoms with E-state index in [2.05, 4.69) is 4.89 Å². The molecule has 0 unspecified atom stereocenters. The summed E-state index contributed by atoms with van der Waals surface area (Å²) in [6, 6.07) is 0. The van der Waals surface area contributed by atoms with Gasteiger partial charge in [0.15, 0.2) is 0 Å². The average Bonchev–Trinajstić information content (AvgIpc) is 2.03. The SMILES string of the molecule is CCC=CC=C(C)C(=O)OO. The first-order chi connectivity index (χ1) is 5.22. The van der Waals surface area contributed by atoms with Gasteiger partial charge in [0.05, 0.1) is 0 Å². The molecule has 62 valence electrons. The van der Waals surface area contributed by atoms with E-state index in [0.717, 1.165) is 6.42 Å². The molecule has 11 heavy (non-hydrogen) atoms. The molecule has 0 aliphatic heterocycles. The number of carbonyl (C=O) groups is 1. The average molecular weight is 156 g/mol. The summed E-state index contributed by atoms with van der Waals surface area (Å²) in [5.74, 6) is -0.717. The molecule has 0 rings (SSSR count). The molecule has 0 aromatic heterocycles. The van der Waals surface area contributed by atoms with Crippen LogP contribution in [0.5, 0.6) is 0 Å². The summed E-state index contributed by atoms with van der Waals surface area (Å²) in [6.45, 7) is 3.56. The molecule has 0 amide bonds. The Morgan fingerprint density at radius 3 is 2.73 bits per heavy atom. The molecule has 3 nitrogen and oxygen atoms in total. The maximum atomic E-state index is 10.5. The number of rotatable bonds is 3. The van der Waals surface area contributed by atoms with Crippen LogP contribution in [0.4, 0.5) is 0 Å². The van der Waals surface area contributed by atoms with E-state index in [9.17, 15) is 4.79 Å². The predicted octanol–water partition coefficient (Wildman–Crippen LogP) is 1.92. The maximum Gasteiger partial charge on any atom is 0.368 e. The summed E-state index contributed by atoms with van der Waals surface area (Å²) in [7, 11) is 0. The third-order valence-electron chi connectivity index (χ3n) is 1.12. The fourth-order valence-electron chi connectivity index (χ4n) is 0.488. The first kappa shape index (κ1) is 9.91. The largest absolute Gasteiger partial charge is 0.368 e. The molecule has 0 aromatic carbocycles. The lowest BCUT2D eigenvalue weighted by molar-refractivity contribution is -0.229. The Kier molecular flexibility index (Phi) is 5.11. The fourth-order valence-corrected chi connectivity index (χ4v) is 0.488. The summed E-state index contributed by atoms with van der Waals surface area (Å²) < 4.78 is 0. The first-order valence-electron chi connectivity index (χ1n) is 3.41. The van der Waals surface area contributed by atoms with Gasteiger partial charge in [-0.2, -0.15) is 5.26 Å². The van der Waals surface area contributed by atoms with Crippen LogP contribution in [0.1, 0.15) is 20.3 Å². The van der Waals surface area contributed by atoms with Crippen LogP contribution in [-0.4, -0.2) is 11.2 Å².